The molecule has 1 aliphatic rings. The summed E-state index contributed by atoms with van der Waals surface area (Å²) < 4.78 is 5.28. The highest BCUT2D eigenvalue weighted by Gasteiger charge is 2.30. The molecule has 0 spiro atoms. The smallest absolute Gasteiger partial charge is 0.358 e. The molecule has 3 heterocycles. The molecule has 0 radical (unpaired) electrons. The molecular formula is C32H46N6O4. The van der Waals surface area contributed by atoms with Gasteiger partial charge < -0.3 is 30.2 Å². The van der Waals surface area contributed by atoms with Crippen LogP contribution < -0.4 is 10.6 Å². The Morgan fingerprint density at radius 2 is 1.74 bits per heavy atom. The van der Waals surface area contributed by atoms with Crippen LogP contribution in [0.2, 0.25) is 0 Å². The first kappa shape index (κ1) is 31.1. The number of urea groups is 1. The van der Waals surface area contributed by atoms with E-state index in [-0.39, 0.29) is 36.1 Å². The summed E-state index contributed by atoms with van der Waals surface area (Å²) in [6.45, 7) is 11.4. The number of imidazole rings is 1. The molecule has 1 saturated heterocycles. The quantitative estimate of drug-likeness (QED) is 0.220. The number of amides is 3. The maximum Gasteiger partial charge on any atom is 0.358 e. The molecule has 42 heavy (non-hydrogen) atoms. The minimum absolute atomic E-state index is 0.0169. The minimum Gasteiger partial charge on any atom is -0.461 e. The van der Waals surface area contributed by atoms with Gasteiger partial charge in [0.15, 0.2) is 5.69 Å². The molecule has 2 aromatic heterocycles. The average Bonchev–Trinajstić information content (AvgIpc) is 3.48. The Kier molecular flexibility index (Phi) is 10.7. The number of H-pyrrole nitrogens is 2. The summed E-state index contributed by atoms with van der Waals surface area (Å²) >= 11 is 0. The molecule has 10 heteroatoms. The van der Waals surface area contributed by atoms with E-state index in [0.717, 1.165) is 42.1 Å². The molecule has 0 unspecified atom stereocenters. The number of para-hydroxylation sites is 1. The van der Waals surface area contributed by atoms with Crippen LogP contribution in [0.3, 0.4) is 0 Å². The lowest BCUT2D eigenvalue weighted by Crippen LogP contribution is -2.52. The Morgan fingerprint density at radius 1 is 1.02 bits per heavy atom. The van der Waals surface area contributed by atoms with Crippen LogP contribution >= 0.6 is 0 Å². The standard InChI is InChI=1S/C32H46N6O4/c1-6-42-31(40)28-27(21(4)5)36-29(37-28)25(18-22-19-33-24-14-10-9-13-23(22)24)34-30(39)26(17-20(2)3)35-32(41)38-15-11-7-8-12-16-38/h9-10,13-14,19-21,25-26,33H,6-8,11-12,15-18H2,1-5H3,(H,34,39)(H,35,41)(H,36,37)/t25-,26+/m1/s1. The number of fused-ring (bicyclic) bond motifs is 1. The van der Waals surface area contributed by atoms with Gasteiger partial charge in [0.2, 0.25) is 5.91 Å². The summed E-state index contributed by atoms with van der Waals surface area (Å²) in [7, 11) is 0. The fourth-order valence-electron chi connectivity index (χ4n) is 5.57. The second-order valence-electron chi connectivity index (χ2n) is 11.9. The highest BCUT2D eigenvalue weighted by atomic mass is 16.5. The molecule has 1 aliphatic heterocycles. The number of carbonyl (C=O) groups is 3. The summed E-state index contributed by atoms with van der Waals surface area (Å²) in [4.78, 5) is 53.1. The van der Waals surface area contributed by atoms with Crippen molar-refractivity contribution in [2.45, 2.75) is 91.1 Å². The summed E-state index contributed by atoms with van der Waals surface area (Å²) in [6, 6.07) is 6.50. The SMILES string of the molecule is CCOC(=O)c1nc([C@@H](Cc2c[nH]c3ccccc23)NC(=O)[C@H](CC(C)C)NC(=O)N2CCCCCC2)[nH]c1C(C)C. The molecule has 0 saturated carbocycles. The molecule has 1 aromatic carbocycles. The first-order valence-electron chi connectivity index (χ1n) is 15.4. The lowest BCUT2D eigenvalue weighted by atomic mass is 10.0. The van der Waals surface area contributed by atoms with Crippen LogP contribution in [0.15, 0.2) is 30.5 Å². The van der Waals surface area contributed by atoms with Crippen molar-refractivity contribution in [2.75, 3.05) is 19.7 Å². The zero-order chi connectivity index (χ0) is 30.2. The van der Waals surface area contributed by atoms with Crippen LogP contribution in [0.5, 0.6) is 0 Å². The van der Waals surface area contributed by atoms with Crippen LogP contribution in [-0.4, -0.2) is 63.5 Å². The van der Waals surface area contributed by atoms with Crippen molar-refractivity contribution in [3.05, 3.63) is 53.2 Å². The number of esters is 1. The molecule has 1 fully saturated rings. The van der Waals surface area contributed by atoms with E-state index >= 15 is 0 Å². The summed E-state index contributed by atoms with van der Waals surface area (Å²) in [5, 5.41) is 7.25. The number of likely N-dealkylation sites (tertiary alicyclic amines) is 1. The van der Waals surface area contributed by atoms with E-state index in [9.17, 15) is 14.4 Å². The number of hydrogen-bond acceptors (Lipinski definition) is 5. The van der Waals surface area contributed by atoms with Crippen molar-refractivity contribution in [1.82, 2.24) is 30.5 Å². The third-order valence-corrected chi connectivity index (χ3v) is 7.76. The second kappa shape index (κ2) is 14.4. The van der Waals surface area contributed by atoms with E-state index in [1.54, 1.807) is 6.92 Å². The van der Waals surface area contributed by atoms with Gasteiger partial charge in [0, 0.05) is 36.6 Å². The van der Waals surface area contributed by atoms with Gasteiger partial charge in [0.05, 0.1) is 18.3 Å². The molecule has 2 atom stereocenters. The van der Waals surface area contributed by atoms with Crippen molar-refractivity contribution in [3.8, 4) is 0 Å². The van der Waals surface area contributed by atoms with Crippen LogP contribution in [-0.2, 0) is 16.0 Å². The predicted molar refractivity (Wildman–Crippen MR) is 163 cm³/mol. The number of carbonyl (C=O) groups excluding carboxylic acids is 3. The van der Waals surface area contributed by atoms with E-state index < -0.39 is 18.1 Å². The largest absolute Gasteiger partial charge is 0.461 e. The first-order chi connectivity index (χ1) is 20.2. The van der Waals surface area contributed by atoms with E-state index in [1.165, 1.54) is 0 Å². The van der Waals surface area contributed by atoms with Crippen LogP contribution in [0.4, 0.5) is 4.79 Å². The Bertz CT molecular complexity index is 1350. The van der Waals surface area contributed by atoms with Crippen LogP contribution in [0.1, 0.15) is 106 Å². The predicted octanol–water partition coefficient (Wildman–Crippen LogP) is 5.59. The molecule has 3 aromatic rings. The Hall–Kier alpha value is -3.82. The fourth-order valence-corrected chi connectivity index (χ4v) is 5.57. The summed E-state index contributed by atoms with van der Waals surface area (Å²) in [6.07, 6.45) is 7.04. The van der Waals surface area contributed by atoms with Crippen LogP contribution in [0.25, 0.3) is 10.9 Å². The Balaban J connectivity index is 1.65. The molecule has 3 amide bonds. The zero-order valence-corrected chi connectivity index (χ0v) is 25.6. The molecule has 228 valence electrons. The van der Waals surface area contributed by atoms with E-state index in [0.29, 0.717) is 37.4 Å². The van der Waals surface area contributed by atoms with Gasteiger partial charge in [0.25, 0.3) is 0 Å². The van der Waals surface area contributed by atoms with Gasteiger partial charge in [-0.3, -0.25) is 4.79 Å². The first-order valence-corrected chi connectivity index (χ1v) is 15.4. The zero-order valence-electron chi connectivity index (χ0n) is 25.6. The normalized spacial score (nSPS) is 15.5. The highest BCUT2D eigenvalue weighted by Crippen LogP contribution is 2.27. The second-order valence-corrected chi connectivity index (χ2v) is 11.9. The third kappa shape index (κ3) is 7.72. The summed E-state index contributed by atoms with van der Waals surface area (Å²) in [5.74, 6) is -0.136. The van der Waals surface area contributed by atoms with Crippen LogP contribution in [0, 0.1) is 5.92 Å². The van der Waals surface area contributed by atoms with Gasteiger partial charge in [-0.25, -0.2) is 14.6 Å². The lowest BCUT2D eigenvalue weighted by Gasteiger charge is -2.27. The van der Waals surface area contributed by atoms with Crippen molar-refractivity contribution in [1.29, 1.82) is 0 Å². The number of benzene rings is 1. The molecule has 4 N–H and O–H groups in total. The number of nitrogens with one attached hydrogen (secondary N) is 4. The molecule has 10 nitrogen and oxygen atoms in total. The highest BCUT2D eigenvalue weighted by molar-refractivity contribution is 5.89. The van der Waals surface area contributed by atoms with E-state index in [1.807, 2.05) is 63.1 Å². The number of nitrogens with zero attached hydrogens (tertiary/aromatic N) is 2. The molecule has 0 aliphatic carbocycles. The van der Waals surface area contributed by atoms with E-state index in [4.69, 9.17) is 4.74 Å². The number of rotatable bonds is 11. The van der Waals surface area contributed by atoms with Gasteiger partial charge in [0.1, 0.15) is 11.9 Å². The topological polar surface area (TPSA) is 132 Å². The van der Waals surface area contributed by atoms with Gasteiger partial charge in [-0.2, -0.15) is 0 Å². The van der Waals surface area contributed by atoms with Crippen molar-refractivity contribution in [3.63, 3.8) is 0 Å². The van der Waals surface area contributed by atoms with Gasteiger partial charge in [-0.05, 0) is 49.7 Å². The van der Waals surface area contributed by atoms with Crippen molar-refractivity contribution >= 4 is 28.8 Å². The summed E-state index contributed by atoms with van der Waals surface area (Å²) in [5.41, 5.74) is 2.89. The van der Waals surface area contributed by atoms with E-state index in [2.05, 4.69) is 25.6 Å². The monoisotopic (exact) mass is 578 g/mol. The Labute approximate surface area is 248 Å². The van der Waals surface area contributed by atoms with Gasteiger partial charge in [-0.1, -0.05) is 58.7 Å². The number of ether oxygens (including phenoxy) is 1. The molecule has 4 rings (SSSR count). The maximum atomic E-state index is 13.9. The lowest BCUT2D eigenvalue weighted by molar-refractivity contribution is -0.124. The number of hydrogen-bond donors (Lipinski definition) is 4. The third-order valence-electron chi connectivity index (χ3n) is 7.76. The van der Waals surface area contributed by atoms with Crippen molar-refractivity contribution in [2.24, 2.45) is 5.92 Å². The number of aromatic nitrogens is 3. The van der Waals surface area contributed by atoms with Gasteiger partial charge in [-0.15, -0.1) is 0 Å². The van der Waals surface area contributed by atoms with Crippen molar-refractivity contribution < 1.29 is 19.1 Å². The number of aromatic amines is 2. The molecule has 0 bridgehead atoms. The minimum atomic E-state index is -0.713. The Morgan fingerprint density at radius 3 is 2.40 bits per heavy atom. The molecular weight excluding hydrogens is 532 g/mol. The average molecular weight is 579 g/mol. The fraction of sp³-hybridized carbons (Fsp3) is 0.562. The van der Waals surface area contributed by atoms with Gasteiger partial charge >= 0.3 is 12.0 Å². The maximum absolute atomic E-state index is 13.9.